The fourth-order valence-corrected chi connectivity index (χ4v) is 2.06. The zero-order valence-corrected chi connectivity index (χ0v) is 7.31. The Labute approximate surface area is 60.5 Å². The van der Waals surface area contributed by atoms with Gasteiger partial charge < -0.3 is 0 Å². The lowest BCUT2D eigenvalue weighted by molar-refractivity contribution is 0.942. The topological polar surface area (TPSA) is 3.24 Å². The Morgan fingerprint density at radius 3 is 1.75 bits per heavy atom. The van der Waals surface area contributed by atoms with Crippen LogP contribution in [0.25, 0.3) is 0 Å². The molecule has 8 heavy (non-hydrogen) atoms. The maximum absolute atomic E-state index is 2.19. The highest BCUT2D eigenvalue weighted by molar-refractivity contribution is 8.11. The van der Waals surface area contributed by atoms with E-state index in [-0.39, 0.29) is 0 Å². The van der Waals surface area contributed by atoms with Gasteiger partial charge in [0.25, 0.3) is 0 Å². The molecule has 0 aliphatic carbocycles. The smallest absolute Gasteiger partial charge is 0.00881 e. The van der Waals surface area contributed by atoms with Gasteiger partial charge >= 0.3 is 0 Å². The predicted octanol–water partition coefficient (Wildman–Crippen LogP) is 2.25. The van der Waals surface area contributed by atoms with Crippen LogP contribution in [0.15, 0.2) is 0 Å². The maximum Gasteiger partial charge on any atom is 0.00881 e. The van der Waals surface area contributed by atoms with E-state index in [0.29, 0.717) is 0 Å². The lowest BCUT2D eigenvalue weighted by atomic mass is 11.0. The third-order valence-electron chi connectivity index (χ3n) is 0.622. The van der Waals surface area contributed by atoms with Gasteiger partial charge in [-0.2, -0.15) is 3.71 Å². The summed E-state index contributed by atoms with van der Waals surface area (Å²) in [7, 11) is 2.10. The van der Waals surface area contributed by atoms with E-state index >= 15 is 0 Å². The highest BCUT2D eigenvalue weighted by Gasteiger charge is 1.91. The Bertz CT molecular complexity index is 43.7. The molecule has 0 saturated heterocycles. The van der Waals surface area contributed by atoms with Gasteiger partial charge in [-0.15, -0.1) is 0 Å². The van der Waals surface area contributed by atoms with Crippen LogP contribution in [0.2, 0.25) is 0 Å². The number of hydrogen-bond donors (Lipinski definition) is 0. The fourth-order valence-electron chi connectivity index (χ4n) is 0.401. The Morgan fingerprint density at radius 2 is 1.50 bits per heavy atom. The summed E-state index contributed by atoms with van der Waals surface area (Å²) in [4.78, 5) is 0. The molecule has 0 aromatic heterocycles. The first-order valence-electron chi connectivity index (χ1n) is 2.80. The van der Waals surface area contributed by atoms with Crippen LogP contribution < -0.4 is 0 Å². The van der Waals surface area contributed by atoms with E-state index in [1.165, 1.54) is 11.5 Å². The summed E-state index contributed by atoms with van der Waals surface area (Å²) < 4.78 is 2.19. The molecule has 0 atom stereocenters. The molecule has 0 heterocycles. The van der Waals surface area contributed by atoms with E-state index in [9.17, 15) is 0 Å². The molecule has 0 unspecified atom stereocenters. The third-order valence-corrected chi connectivity index (χ3v) is 2.50. The van der Waals surface area contributed by atoms with Crippen molar-refractivity contribution in [3.63, 3.8) is 0 Å². The van der Waals surface area contributed by atoms with Crippen molar-refractivity contribution in [1.29, 1.82) is 0 Å². The Hall–Kier alpha value is 0.660. The summed E-state index contributed by atoms with van der Waals surface area (Å²) in [5, 5.41) is 0. The zero-order valence-electron chi connectivity index (χ0n) is 5.68. The van der Waals surface area contributed by atoms with Crippen molar-refractivity contribution in [1.82, 2.24) is 3.71 Å². The molecule has 0 N–H and O–H groups in total. The van der Waals surface area contributed by atoms with Gasteiger partial charge in [0.15, 0.2) is 0 Å². The Kier molecular flexibility index (Phi) is 6.27. The summed E-state index contributed by atoms with van der Waals surface area (Å²) in [5.74, 6) is 2.34. The average molecular weight is 151 g/mol. The Morgan fingerprint density at radius 1 is 1.12 bits per heavy atom. The molecule has 0 saturated carbocycles. The molecule has 0 amide bonds. The largest absolute Gasteiger partial charge is 0.197 e. The molecule has 0 aromatic carbocycles. The average Bonchev–Trinajstić information content (AvgIpc) is 1.68. The normalized spacial score (nSPS) is 10.5. The number of rotatable bonds is 4. The van der Waals surface area contributed by atoms with Crippen LogP contribution in [-0.4, -0.2) is 22.3 Å². The molecule has 0 fully saturated rings. The van der Waals surface area contributed by atoms with E-state index in [2.05, 4.69) is 24.6 Å². The predicted molar refractivity (Wildman–Crippen MR) is 44.0 cm³/mol. The van der Waals surface area contributed by atoms with Crippen molar-refractivity contribution in [2.75, 3.05) is 18.6 Å². The van der Waals surface area contributed by atoms with Gasteiger partial charge in [-0.05, 0) is 0 Å². The molecule has 0 spiro atoms. The van der Waals surface area contributed by atoms with Crippen LogP contribution >= 0.6 is 23.9 Å². The summed E-state index contributed by atoms with van der Waals surface area (Å²) in [6.07, 6.45) is 0. The van der Waals surface area contributed by atoms with Crippen LogP contribution in [0.1, 0.15) is 13.8 Å². The van der Waals surface area contributed by atoms with E-state index < -0.39 is 0 Å². The molecule has 0 radical (unpaired) electrons. The van der Waals surface area contributed by atoms with Gasteiger partial charge in [-0.25, -0.2) is 0 Å². The summed E-state index contributed by atoms with van der Waals surface area (Å²) >= 11 is 3.70. The van der Waals surface area contributed by atoms with Gasteiger partial charge in [-0.1, -0.05) is 37.7 Å². The standard InChI is InChI=1S/C5H13NS2/c1-4-7-6(3)8-5-2/h4-5H2,1-3H3. The zero-order chi connectivity index (χ0) is 6.41. The highest BCUT2D eigenvalue weighted by Crippen LogP contribution is 2.16. The quantitative estimate of drug-likeness (QED) is 0.567. The maximum atomic E-state index is 2.19. The second-order valence-electron chi connectivity index (χ2n) is 1.28. The molecule has 1 nitrogen and oxygen atoms in total. The van der Waals surface area contributed by atoms with E-state index in [0.717, 1.165) is 0 Å². The van der Waals surface area contributed by atoms with Gasteiger partial charge in [-0.3, -0.25) is 0 Å². The minimum atomic E-state index is 1.17. The number of nitrogens with zero attached hydrogens (tertiary/aromatic N) is 1. The first kappa shape index (κ1) is 8.66. The van der Waals surface area contributed by atoms with Gasteiger partial charge in [0, 0.05) is 18.6 Å². The molecule has 0 bridgehead atoms. The highest BCUT2D eigenvalue weighted by atomic mass is 32.2. The SMILES string of the molecule is CCSN(C)SCC. The van der Waals surface area contributed by atoms with Gasteiger partial charge in [0.05, 0.1) is 0 Å². The summed E-state index contributed by atoms with van der Waals surface area (Å²) in [6.45, 7) is 4.33. The van der Waals surface area contributed by atoms with E-state index in [4.69, 9.17) is 0 Å². The van der Waals surface area contributed by atoms with Crippen LogP contribution in [0.3, 0.4) is 0 Å². The minimum Gasteiger partial charge on any atom is -0.197 e. The fraction of sp³-hybridized carbons (Fsp3) is 1.00. The van der Waals surface area contributed by atoms with Crippen molar-refractivity contribution < 1.29 is 0 Å². The number of hydrogen-bond acceptors (Lipinski definition) is 3. The second kappa shape index (κ2) is 5.79. The third kappa shape index (κ3) is 4.81. The monoisotopic (exact) mass is 151 g/mol. The molecule has 0 rings (SSSR count). The van der Waals surface area contributed by atoms with Crippen molar-refractivity contribution in [2.24, 2.45) is 0 Å². The molecule has 3 heteroatoms. The Balaban J connectivity index is 2.92. The lowest BCUT2D eigenvalue weighted by Crippen LogP contribution is -1.97. The molecule has 0 aliphatic heterocycles. The van der Waals surface area contributed by atoms with Crippen molar-refractivity contribution >= 4 is 23.9 Å². The van der Waals surface area contributed by atoms with Gasteiger partial charge in [0.2, 0.25) is 0 Å². The summed E-state index contributed by atoms with van der Waals surface area (Å²) in [6, 6.07) is 0. The molecular weight excluding hydrogens is 138 g/mol. The van der Waals surface area contributed by atoms with Crippen LogP contribution in [0.4, 0.5) is 0 Å². The van der Waals surface area contributed by atoms with Crippen LogP contribution in [0, 0.1) is 0 Å². The van der Waals surface area contributed by atoms with E-state index in [1.807, 2.05) is 23.9 Å². The van der Waals surface area contributed by atoms with Crippen molar-refractivity contribution in [2.45, 2.75) is 13.8 Å². The van der Waals surface area contributed by atoms with Gasteiger partial charge in [0.1, 0.15) is 0 Å². The van der Waals surface area contributed by atoms with Crippen LogP contribution in [0.5, 0.6) is 0 Å². The minimum absolute atomic E-state index is 1.17. The van der Waals surface area contributed by atoms with Crippen molar-refractivity contribution in [3.05, 3.63) is 0 Å². The molecule has 50 valence electrons. The second-order valence-corrected chi connectivity index (χ2v) is 4.27. The first-order chi connectivity index (χ1) is 3.81. The lowest BCUT2D eigenvalue weighted by Gasteiger charge is -2.09. The molecular formula is C5H13NS2. The summed E-state index contributed by atoms with van der Waals surface area (Å²) in [5.41, 5.74) is 0. The molecule has 0 aromatic rings. The van der Waals surface area contributed by atoms with E-state index in [1.54, 1.807) is 0 Å². The first-order valence-corrected chi connectivity index (χ1v) is 4.69. The van der Waals surface area contributed by atoms with Crippen molar-refractivity contribution in [3.8, 4) is 0 Å². The van der Waals surface area contributed by atoms with Crippen LogP contribution in [-0.2, 0) is 0 Å². The molecule has 0 aliphatic rings.